The highest BCUT2D eigenvalue weighted by Crippen LogP contribution is 1.67. The maximum absolute atomic E-state index is 9.67. The minimum atomic E-state index is -1.64. The molecular weight excluding hydrogens is 98.0 g/mol. The van der Waals surface area contributed by atoms with Gasteiger partial charge in [0.1, 0.15) is 0 Å². The quantitative estimate of drug-likeness (QED) is 0.314. The third-order valence-electron chi connectivity index (χ3n) is 0.420. The molecule has 0 aliphatic rings. The van der Waals surface area contributed by atoms with Crippen molar-refractivity contribution in [3.63, 3.8) is 0 Å². The summed E-state index contributed by atoms with van der Waals surface area (Å²) < 4.78 is 0. The molecule has 1 amide bonds. The predicted molar refractivity (Wildman–Crippen MR) is 21.3 cm³/mol. The van der Waals surface area contributed by atoms with Crippen LogP contribution in [0.2, 0.25) is 0 Å². The Morgan fingerprint density at radius 1 is 1.86 bits per heavy atom. The molecule has 0 saturated heterocycles. The lowest BCUT2D eigenvalue weighted by molar-refractivity contribution is -0.131. The summed E-state index contributed by atoms with van der Waals surface area (Å²) in [4.78, 5) is 19.1. The van der Waals surface area contributed by atoms with Gasteiger partial charge >= 0.3 is 0 Å². The van der Waals surface area contributed by atoms with Gasteiger partial charge < -0.3 is 10.8 Å². The van der Waals surface area contributed by atoms with E-state index in [2.05, 4.69) is 5.73 Å². The molecule has 0 rings (SSSR count). The third kappa shape index (κ3) is 1.88. The Balaban J connectivity index is 3.55. The minimum absolute atomic E-state index is 0.0718. The summed E-state index contributed by atoms with van der Waals surface area (Å²) in [5.74, 6) is -1.02. The Morgan fingerprint density at radius 3 is 2.29 bits per heavy atom. The van der Waals surface area contributed by atoms with E-state index >= 15 is 0 Å². The number of carbonyl (C=O) groups is 2. The fourth-order valence-electron chi connectivity index (χ4n) is 0.0671. The molecule has 0 aromatic heterocycles. The summed E-state index contributed by atoms with van der Waals surface area (Å²) in [7, 11) is 0. The Labute approximate surface area is 39.9 Å². The number of carbonyl (C=O) groups excluding carboxylic acids is 2. The average molecular weight is 103 g/mol. The first kappa shape index (κ1) is 6.10. The van der Waals surface area contributed by atoms with Gasteiger partial charge in [0.25, 0.3) is 5.91 Å². The van der Waals surface area contributed by atoms with Crippen molar-refractivity contribution in [3.05, 3.63) is 0 Å². The number of nitrogens with two attached hydrogens (primary N) is 1. The lowest BCUT2D eigenvalue weighted by atomic mass is 10.4. The van der Waals surface area contributed by atoms with E-state index in [-0.39, 0.29) is 6.29 Å². The lowest BCUT2D eigenvalue weighted by Crippen LogP contribution is -2.29. The van der Waals surface area contributed by atoms with Crippen molar-refractivity contribution in [1.29, 1.82) is 0 Å². The van der Waals surface area contributed by atoms with Gasteiger partial charge in [-0.25, -0.2) is 0 Å². The summed E-state index contributed by atoms with van der Waals surface area (Å²) in [5, 5.41) is 8.09. The van der Waals surface area contributed by atoms with Crippen LogP contribution in [0.4, 0.5) is 0 Å². The smallest absolute Gasteiger partial charge is 0.253 e. The molecule has 1 atom stereocenters. The van der Waals surface area contributed by atoms with Crippen molar-refractivity contribution in [3.8, 4) is 0 Å². The molecule has 0 saturated carbocycles. The van der Waals surface area contributed by atoms with E-state index in [9.17, 15) is 9.59 Å². The molecule has 0 aromatic carbocycles. The second-order valence-electron chi connectivity index (χ2n) is 0.983. The zero-order chi connectivity index (χ0) is 5.86. The molecule has 7 heavy (non-hydrogen) atoms. The van der Waals surface area contributed by atoms with Gasteiger partial charge in [0, 0.05) is 0 Å². The number of aliphatic hydroxyl groups excluding tert-OH is 1. The Morgan fingerprint density at radius 2 is 2.29 bits per heavy atom. The summed E-state index contributed by atoms with van der Waals surface area (Å²) in [5.41, 5.74) is 4.43. The van der Waals surface area contributed by atoms with Crippen molar-refractivity contribution >= 4 is 12.2 Å². The maximum atomic E-state index is 9.67. The fraction of sp³-hybridized carbons (Fsp3) is 0.333. The summed E-state index contributed by atoms with van der Waals surface area (Å²) in [6, 6.07) is 0. The van der Waals surface area contributed by atoms with E-state index in [0.717, 1.165) is 0 Å². The van der Waals surface area contributed by atoms with Gasteiger partial charge in [-0.3, -0.25) is 9.59 Å². The van der Waals surface area contributed by atoms with Crippen molar-refractivity contribution in [2.75, 3.05) is 0 Å². The topological polar surface area (TPSA) is 80.4 Å². The first-order valence-electron chi connectivity index (χ1n) is 1.61. The number of hydrogen-bond donors (Lipinski definition) is 2. The standard InChI is InChI=1S/C3H5NO3/c4-3(7)2(6)1-5/h1-2,6H,(H2,4,7). The number of aldehydes is 1. The molecule has 0 bridgehead atoms. The van der Waals surface area contributed by atoms with E-state index in [0.29, 0.717) is 0 Å². The molecule has 0 aromatic rings. The number of amides is 1. The molecular formula is C3H5NO3. The van der Waals surface area contributed by atoms with Gasteiger partial charge in [-0.15, -0.1) is 0 Å². The van der Waals surface area contributed by atoms with E-state index in [1.165, 1.54) is 0 Å². The van der Waals surface area contributed by atoms with Gasteiger partial charge in [-0.1, -0.05) is 0 Å². The van der Waals surface area contributed by atoms with Crippen LogP contribution in [-0.2, 0) is 9.59 Å². The van der Waals surface area contributed by atoms with Crippen LogP contribution < -0.4 is 5.73 Å². The first-order chi connectivity index (χ1) is 3.18. The van der Waals surface area contributed by atoms with E-state index in [1.807, 2.05) is 0 Å². The van der Waals surface area contributed by atoms with Crippen molar-refractivity contribution in [2.24, 2.45) is 5.73 Å². The van der Waals surface area contributed by atoms with Crippen LogP contribution in [0.5, 0.6) is 0 Å². The molecule has 0 heterocycles. The molecule has 3 N–H and O–H groups in total. The van der Waals surface area contributed by atoms with Gasteiger partial charge in [0.05, 0.1) is 0 Å². The van der Waals surface area contributed by atoms with Gasteiger partial charge in [0.2, 0.25) is 0 Å². The zero-order valence-electron chi connectivity index (χ0n) is 3.50. The average Bonchev–Trinajstić information content (AvgIpc) is 1.65. The molecule has 0 fully saturated rings. The Bertz CT molecular complexity index is 90.2. The van der Waals surface area contributed by atoms with E-state index < -0.39 is 12.0 Å². The number of aliphatic hydroxyl groups is 1. The highest BCUT2D eigenvalue weighted by atomic mass is 16.3. The number of primary amides is 1. The molecule has 0 radical (unpaired) electrons. The predicted octanol–water partition coefficient (Wildman–Crippen LogP) is -1.97. The Hall–Kier alpha value is -0.900. The maximum Gasteiger partial charge on any atom is 0.253 e. The van der Waals surface area contributed by atoms with Crippen LogP contribution in [-0.4, -0.2) is 23.4 Å². The number of hydrogen-bond acceptors (Lipinski definition) is 3. The van der Waals surface area contributed by atoms with Crippen LogP contribution in [0.3, 0.4) is 0 Å². The molecule has 4 nitrogen and oxygen atoms in total. The van der Waals surface area contributed by atoms with Crippen LogP contribution in [0.15, 0.2) is 0 Å². The Kier molecular flexibility index (Phi) is 2.01. The third-order valence-corrected chi connectivity index (χ3v) is 0.420. The van der Waals surface area contributed by atoms with Crippen molar-refractivity contribution in [1.82, 2.24) is 0 Å². The number of rotatable bonds is 2. The van der Waals surface area contributed by atoms with E-state index in [1.54, 1.807) is 0 Å². The molecule has 40 valence electrons. The second kappa shape index (κ2) is 2.30. The molecule has 0 aliphatic carbocycles. The fourth-order valence-corrected chi connectivity index (χ4v) is 0.0671. The summed E-state index contributed by atoms with van der Waals surface area (Å²) >= 11 is 0. The largest absolute Gasteiger partial charge is 0.376 e. The van der Waals surface area contributed by atoms with Crippen LogP contribution >= 0.6 is 0 Å². The summed E-state index contributed by atoms with van der Waals surface area (Å²) in [6.45, 7) is 0. The zero-order valence-corrected chi connectivity index (χ0v) is 3.50. The monoisotopic (exact) mass is 103 g/mol. The molecule has 4 heteroatoms. The molecule has 0 spiro atoms. The second-order valence-corrected chi connectivity index (χ2v) is 0.983. The highest BCUT2D eigenvalue weighted by Gasteiger charge is 2.05. The van der Waals surface area contributed by atoms with Crippen LogP contribution in [0.25, 0.3) is 0 Å². The highest BCUT2D eigenvalue weighted by molar-refractivity contribution is 5.92. The minimum Gasteiger partial charge on any atom is -0.376 e. The van der Waals surface area contributed by atoms with Gasteiger partial charge in [-0.05, 0) is 0 Å². The van der Waals surface area contributed by atoms with Gasteiger partial charge in [0.15, 0.2) is 12.4 Å². The lowest BCUT2D eigenvalue weighted by Gasteiger charge is -1.89. The van der Waals surface area contributed by atoms with Crippen LogP contribution in [0.1, 0.15) is 0 Å². The summed E-state index contributed by atoms with van der Waals surface area (Å²) in [6.07, 6.45) is -1.57. The van der Waals surface area contributed by atoms with Crippen molar-refractivity contribution in [2.45, 2.75) is 6.10 Å². The van der Waals surface area contributed by atoms with Crippen LogP contribution in [0, 0.1) is 0 Å². The molecule has 0 aliphatic heterocycles. The SMILES string of the molecule is NC(=O)C(O)C=O. The van der Waals surface area contributed by atoms with E-state index in [4.69, 9.17) is 5.11 Å². The van der Waals surface area contributed by atoms with Gasteiger partial charge in [-0.2, -0.15) is 0 Å². The molecule has 1 unspecified atom stereocenters. The first-order valence-corrected chi connectivity index (χ1v) is 1.61. The normalized spacial score (nSPS) is 12.7. The van der Waals surface area contributed by atoms with Crippen molar-refractivity contribution < 1.29 is 14.7 Å².